The lowest BCUT2D eigenvalue weighted by Gasteiger charge is -2.26. The van der Waals surface area contributed by atoms with Gasteiger partial charge in [-0.3, -0.25) is 4.79 Å². The van der Waals surface area contributed by atoms with Crippen molar-refractivity contribution in [1.82, 2.24) is 15.1 Å². The second-order valence-electron chi connectivity index (χ2n) is 7.51. The van der Waals surface area contributed by atoms with Crippen LogP contribution >= 0.6 is 11.8 Å². The molecule has 1 unspecified atom stereocenters. The Morgan fingerprint density at radius 2 is 2.00 bits per heavy atom. The van der Waals surface area contributed by atoms with E-state index in [1.54, 1.807) is 7.11 Å². The van der Waals surface area contributed by atoms with Crippen LogP contribution in [0, 0.1) is 0 Å². The number of hydrogen-bond acceptors (Lipinski definition) is 8. The number of para-hydroxylation sites is 1. The third kappa shape index (κ3) is 4.12. The molecule has 1 fully saturated rings. The van der Waals surface area contributed by atoms with Gasteiger partial charge < -0.3 is 23.5 Å². The number of methoxy groups -OCH3 is 1. The fourth-order valence-corrected chi connectivity index (χ4v) is 4.73. The summed E-state index contributed by atoms with van der Waals surface area (Å²) in [7, 11) is 1.59. The van der Waals surface area contributed by atoms with E-state index in [0.29, 0.717) is 30.1 Å². The van der Waals surface area contributed by atoms with Crippen molar-refractivity contribution in [3.8, 4) is 28.7 Å². The molecular weight excluding hydrogens is 430 g/mol. The van der Waals surface area contributed by atoms with Crippen LogP contribution in [0.2, 0.25) is 0 Å². The summed E-state index contributed by atoms with van der Waals surface area (Å²) in [5, 5.41) is 8.54. The molecule has 3 heterocycles. The lowest BCUT2D eigenvalue weighted by molar-refractivity contribution is -0.129. The second kappa shape index (κ2) is 9.12. The average Bonchev–Trinajstić information content (AvgIpc) is 3.52. The highest BCUT2D eigenvalue weighted by Gasteiger charge is 2.31. The summed E-state index contributed by atoms with van der Waals surface area (Å²) in [4.78, 5) is 14.9. The number of carbonyl (C=O) groups excluding carboxylic acids is 1. The van der Waals surface area contributed by atoms with Crippen LogP contribution in [-0.2, 0) is 4.79 Å². The maximum Gasteiger partial charge on any atom is 0.277 e. The molecule has 1 aromatic heterocycles. The van der Waals surface area contributed by atoms with E-state index < -0.39 is 0 Å². The van der Waals surface area contributed by atoms with Crippen molar-refractivity contribution in [2.75, 3.05) is 32.6 Å². The SMILES string of the molecule is COc1ccccc1-c1nnc(SCC(=O)N2CCCC2c2ccc3c(c2)OCCO3)o1. The Hall–Kier alpha value is -3.20. The molecule has 2 aromatic carbocycles. The number of likely N-dealkylation sites (tertiary alicyclic amines) is 1. The molecule has 0 saturated carbocycles. The molecule has 9 heteroatoms. The summed E-state index contributed by atoms with van der Waals surface area (Å²) in [6.45, 7) is 1.84. The van der Waals surface area contributed by atoms with Gasteiger partial charge in [0.15, 0.2) is 11.5 Å². The maximum absolute atomic E-state index is 13.0. The first-order valence-corrected chi connectivity index (χ1v) is 11.5. The zero-order chi connectivity index (χ0) is 21.9. The van der Waals surface area contributed by atoms with Gasteiger partial charge in [-0.05, 0) is 42.7 Å². The molecule has 0 N–H and O–H groups in total. The topological polar surface area (TPSA) is 86.9 Å². The molecule has 3 aromatic rings. The van der Waals surface area contributed by atoms with E-state index in [-0.39, 0.29) is 17.7 Å². The van der Waals surface area contributed by atoms with Crippen LogP contribution in [0.25, 0.3) is 11.5 Å². The van der Waals surface area contributed by atoms with E-state index in [2.05, 4.69) is 10.2 Å². The van der Waals surface area contributed by atoms with Gasteiger partial charge in [0.2, 0.25) is 5.91 Å². The van der Waals surface area contributed by atoms with Gasteiger partial charge in [0.05, 0.1) is 24.5 Å². The Balaban J connectivity index is 1.25. The van der Waals surface area contributed by atoms with Gasteiger partial charge in [0.1, 0.15) is 19.0 Å². The molecule has 1 saturated heterocycles. The van der Waals surface area contributed by atoms with E-state index in [0.717, 1.165) is 42.0 Å². The minimum atomic E-state index is 0.0331. The summed E-state index contributed by atoms with van der Waals surface area (Å²) in [5.74, 6) is 2.81. The predicted molar refractivity (Wildman–Crippen MR) is 118 cm³/mol. The normalized spacial score (nSPS) is 17.4. The summed E-state index contributed by atoms with van der Waals surface area (Å²) in [5.41, 5.74) is 1.79. The fraction of sp³-hybridized carbons (Fsp3) is 0.348. The van der Waals surface area contributed by atoms with Crippen LogP contribution in [0.4, 0.5) is 0 Å². The number of fused-ring (bicyclic) bond motifs is 1. The van der Waals surface area contributed by atoms with Crippen LogP contribution in [-0.4, -0.2) is 53.6 Å². The molecule has 0 aliphatic carbocycles. The number of nitrogens with zero attached hydrogens (tertiary/aromatic N) is 3. The minimum Gasteiger partial charge on any atom is -0.496 e. The smallest absolute Gasteiger partial charge is 0.277 e. The quantitative estimate of drug-likeness (QED) is 0.518. The van der Waals surface area contributed by atoms with Crippen molar-refractivity contribution in [2.45, 2.75) is 24.1 Å². The third-order valence-electron chi connectivity index (χ3n) is 5.59. The Morgan fingerprint density at radius 3 is 2.88 bits per heavy atom. The highest BCUT2D eigenvalue weighted by atomic mass is 32.2. The molecular formula is C23H23N3O5S. The van der Waals surface area contributed by atoms with Crippen LogP contribution in [0.1, 0.15) is 24.4 Å². The van der Waals surface area contributed by atoms with Gasteiger partial charge in [-0.15, -0.1) is 10.2 Å². The van der Waals surface area contributed by atoms with Crippen molar-refractivity contribution in [3.63, 3.8) is 0 Å². The number of amides is 1. The molecule has 8 nitrogen and oxygen atoms in total. The summed E-state index contributed by atoms with van der Waals surface area (Å²) in [6.07, 6.45) is 1.89. The molecule has 5 rings (SSSR count). The third-order valence-corrected chi connectivity index (χ3v) is 6.39. The van der Waals surface area contributed by atoms with E-state index in [9.17, 15) is 4.79 Å². The zero-order valence-corrected chi connectivity index (χ0v) is 18.5. The number of ether oxygens (including phenoxy) is 3. The molecule has 166 valence electrons. The lowest BCUT2D eigenvalue weighted by atomic mass is 10.0. The number of hydrogen-bond donors (Lipinski definition) is 0. The predicted octanol–water partition coefficient (Wildman–Crippen LogP) is 3.97. The number of benzene rings is 2. The van der Waals surface area contributed by atoms with Crippen molar-refractivity contribution in [2.24, 2.45) is 0 Å². The first-order chi connectivity index (χ1) is 15.7. The lowest BCUT2D eigenvalue weighted by Crippen LogP contribution is -2.32. The average molecular weight is 454 g/mol. The first kappa shape index (κ1) is 20.7. The molecule has 0 bridgehead atoms. The number of carbonyl (C=O) groups is 1. The highest BCUT2D eigenvalue weighted by Crippen LogP contribution is 2.38. The zero-order valence-electron chi connectivity index (χ0n) is 17.7. The molecule has 32 heavy (non-hydrogen) atoms. The highest BCUT2D eigenvalue weighted by molar-refractivity contribution is 7.99. The molecule has 1 atom stereocenters. The Labute approximate surface area is 189 Å². The van der Waals surface area contributed by atoms with Gasteiger partial charge >= 0.3 is 0 Å². The molecule has 2 aliphatic heterocycles. The van der Waals surface area contributed by atoms with E-state index in [1.807, 2.05) is 47.4 Å². The maximum atomic E-state index is 13.0. The van der Waals surface area contributed by atoms with Gasteiger partial charge in [0, 0.05) is 6.54 Å². The number of thioether (sulfide) groups is 1. The van der Waals surface area contributed by atoms with Gasteiger partial charge in [-0.1, -0.05) is 30.0 Å². The van der Waals surface area contributed by atoms with Crippen LogP contribution in [0.15, 0.2) is 52.1 Å². The second-order valence-corrected chi connectivity index (χ2v) is 8.44. The van der Waals surface area contributed by atoms with Crippen molar-refractivity contribution >= 4 is 17.7 Å². The van der Waals surface area contributed by atoms with Gasteiger partial charge in [-0.2, -0.15) is 0 Å². The first-order valence-electron chi connectivity index (χ1n) is 10.5. The van der Waals surface area contributed by atoms with Gasteiger partial charge in [-0.25, -0.2) is 0 Å². The summed E-state index contributed by atoms with van der Waals surface area (Å²) < 4.78 is 22.4. The molecule has 1 amide bonds. The minimum absolute atomic E-state index is 0.0331. The largest absolute Gasteiger partial charge is 0.496 e. The summed E-state index contributed by atoms with van der Waals surface area (Å²) >= 11 is 1.25. The Bertz CT molecular complexity index is 1120. The standard InChI is InChI=1S/C23H23N3O5S/c1-28-18-7-3-2-5-16(18)22-24-25-23(31-22)32-14-21(27)26-10-4-6-17(26)15-8-9-19-20(13-15)30-12-11-29-19/h2-3,5,7-9,13,17H,4,6,10-12,14H2,1H3. The number of rotatable bonds is 6. The monoisotopic (exact) mass is 453 g/mol. The fourth-order valence-electron chi connectivity index (χ4n) is 4.08. The van der Waals surface area contributed by atoms with Gasteiger partial charge in [0.25, 0.3) is 11.1 Å². The molecule has 0 radical (unpaired) electrons. The van der Waals surface area contributed by atoms with E-state index >= 15 is 0 Å². The van der Waals surface area contributed by atoms with E-state index in [4.69, 9.17) is 18.6 Å². The van der Waals surface area contributed by atoms with Crippen molar-refractivity contribution in [3.05, 3.63) is 48.0 Å². The van der Waals surface area contributed by atoms with Crippen molar-refractivity contribution < 1.29 is 23.4 Å². The molecule has 2 aliphatic rings. The van der Waals surface area contributed by atoms with E-state index in [1.165, 1.54) is 11.8 Å². The Kier molecular flexibility index (Phi) is 5.89. The summed E-state index contributed by atoms with van der Waals surface area (Å²) in [6, 6.07) is 13.4. The number of aromatic nitrogens is 2. The van der Waals surface area contributed by atoms with Crippen molar-refractivity contribution in [1.29, 1.82) is 0 Å². The van der Waals surface area contributed by atoms with Crippen LogP contribution in [0.5, 0.6) is 17.2 Å². The van der Waals surface area contributed by atoms with Crippen LogP contribution in [0.3, 0.4) is 0 Å². The Morgan fingerprint density at radius 1 is 1.16 bits per heavy atom. The molecule has 0 spiro atoms. The van der Waals surface area contributed by atoms with Crippen LogP contribution < -0.4 is 14.2 Å².